The Morgan fingerprint density at radius 3 is 2.40 bits per heavy atom. The summed E-state index contributed by atoms with van der Waals surface area (Å²) in [5.74, 6) is 0.253. The fourth-order valence-corrected chi connectivity index (χ4v) is 2.02. The molecule has 1 aromatic carbocycles. The largest absolute Gasteiger partial charge is 0.296 e. The lowest BCUT2D eigenvalue weighted by Crippen LogP contribution is -2.12. The van der Waals surface area contributed by atoms with Crippen LogP contribution in [0.3, 0.4) is 0 Å². The smallest absolute Gasteiger partial charge is 0.266 e. The van der Waals surface area contributed by atoms with E-state index in [1.54, 1.807) is 18.2 Å². The van der Waals surface area contributed by atoms with Gasteiger partial charge in [-0.15, -0.1) is 0 Å². The molecule has 0 bridgehead atoms. The Bertz CT molecular complexity index is 384. The van der Waals surface area contributed by atoms with Gasteiger partial charge in [0.25, 0.3) is 10.1 Å². The van der Waals surface area contributed by atoms with Crippen LogP contribution in [0.5, 0.6) is 0 Å². The Labute approximate surface area is 91.2 Å². The number of hydrogen-bond donors (Lipinski definition) is 0. The molecule has 0 saturated heterocycles. The van der Waals surface area contributed by atoms with Crippen LogP contribution in [0.2, 0.25) is 0 Å². The van der Waals surface area contributed by atoms with Crippen LogP contribution in [0.4, 0.5) is 0 Å². The molecule has 84 valence electrons. The molecule has 4 heteroatoms. The maximum absolute atomic E-state index is 11.6. The molecule has 1 aromatic rings. The van der Waals surface area contributed by atoms with Crippen molar-refractivity contribution in [3.63, 3.8) is 0 Å². The van der Waals surface area contributed by atoms with Crippen molar-refractivity contribution in [1.29, 1.82) is 0 Å². The highest BCUT2D eigenvalue weighted by Crippen LogP contribution is 2.13. The molecular weight excluding hydrogens is 212 g/mol. The summed E-state index contributed by atoms with van der Waals surface area (Å²) in [6.07, 6.45) is 0.907. The standard InChI is InChI=1S/C11H16O3S/c1-3-10(2)9-14-15(12,13)11-7-5-4-6-8-11/h4-8,10H,3,9H2,1-2H3. The second kappa shape index (κ2) is 5.28. The third-order valence-corrected chi connectivity index (χ3v) is 3.53. The van der Waals surface area contributed by atoms with Crippen molar-refractivity contribution in [3.8, 4) is 0 Å². The van der Waals surface area contributed by atoms with Crippen molar-refractivity contribution in [2.45, 2.75) is 25.2 Å². The SMILES string of the molecule is CCC(C)COS(=O)(=O)c1ccccc1. The van der Waals surface area contributed by atoms with Crippen LogP contribution in [-0.2, 0) is 14.3 Å². The molecule has 0 spiro atoms. The van der Waals surface area contributed by atoms with E-state index < -0.39 is 10.1 Å². The zero-order valence-electron chi connectivity index (χ0n) is 9.01. The minimum absolute atomic E-state index is 0.216. The minimum Gasteiger partial charge on any atom is -0.266 e. The molecule has 1 atom stereocenters. The lowest BCUT2D eigenvalue weighted by atomic mass is 10.1. The van der Waals surface area contributed by atoms with Crippen LogP contribution in [-0.4, -0.2) is 15.0 Å². The highest BCUT2D eigenvalue weighted by Gasteiger charge is 2.15. The zero-order chi connectivity index (χ0) is 11.3. The Balaban J connectivity index is 2.69. The van der Waals surface area contributed by atoms with E-state index in [0.717, 1.165) is 6.42 Å². The maximum atomic E-state index is 11.6. The van der Waals surface area contributed by atoms with Crippen LogP contribution >= 0.6 is 0 Å². The minimum atomic E-state index is -3.57. The lowest BCUT2D eigenvalue weighted by Gasteiger charge is -2.09. The lowest BCUT2D eigenvalue weighted by molar-refractivity contribution is 0.261. The Hall–Kier alpha value is -0.870. The van der Waals surface area contributed by atoms with Gasteiger partial charge in [0.15, 0.2) is 0 Å². The fourth-order valence-electron chi connectivity index (χ4n) is 0.979. The number of benzene rings is 1. The van der Waals surface area contributed by atoms with E-state index in [9.17, 15) is 8.42 Å². The summed E-state index contributed by atoms with van der Waals surface area (Å²) in [6.45, 7) is 4.21. The van der Waals surface area contributed by atoms with Gasteiger partial charge < -0.3 is 0 Å². The van der Waals surface area contributed by atoms with Crippen molar-refractivity contribution in [1.82, 2.24) is 0 Å². The Kier molecular flexibility index (Phi) is 4.29. The van der Waals surface area contributed by atoms with Crippen LogP contribution in [0.15, 0.2) is 35.2 Å². The molecule has 0 saturated carbocycles. The van der Waals surface area contributed by atoms with Gasteiger partial charge >= 0.3 is 0 Å². The van der Waals surface area contributed by atoms with E-state index >= 15 is 0 Å². The third-order valence-electron chi connectivity index (χ3n) is 2.24. The quantitative estimate of drug-likeness (QED) is 0.727. The molecule has 15 heavy (non-hydrogen) atoms. The van der Waals surface area contributed by atoms with Crippen molar-refractivity contribution in [3.05, 3.63) is 30.3 Å². The van der Waals surface area contributed by atoms with Crippen molar-refractivity contribution in [2.24, 2.45) is 5.92 Å². The molecular formula is C11H16O3S. The van der Waals surface area contributed by atoms with E-state index in [1.165, 1.54) is 12.1 Å². The van der Waals surface area contributed by atoms with E-state index in [-0.39, 0.29) is 17.4 Å². The first-order valence-corrected chi connectivity index (χ1v) is 6.41. The molecule has 0 aliphatic heterocycles. The summed E-state index contributed by atoms with van der Waals surface area (Å²) in [5, 5.41) is 0. The molecule has 0 aromatic heterocycles. The van der Waals surface area contributed by atoms with Crippen LogP contribution in [0.25, 0.3) is 0 Å². The molecule has 3 nitrogen and oxygen atoms in total. The first-order valence-electron chi connectivity index (χ1n) is 5.00. The van der Waals surface area contributed by atoms with Gasteiger partial charge in [0.1, 0.15) is 0 Å². The molecule has 0 heterocycles. The number of rotatable bonds is 5. The molecule has 0 amide bonds. The topological polar surface area (TPSA) is 43.4 Å². The monoisotopic (exact) mass is 228 g/mol. The van der Waals surface area contributed by atoms with Crippen molar-refractivity contribution >= 4 is 10.1 Å². The Morgan fingerprint density at radius 2 is 1.87 bits per heavy atom. The van der Waals surface area contributed by atoms with Crippen LogP contribution in [0.1, 0.15) is 20.3 Å². The summed E-state index contributed by atoms with van der Waals surface area (Å²) in [4.78, 5) is 0.216. The van der Waals surface area contributed by atoms with Gasteiger partial charge in [-0.3, -0.25) is 4.18 Å². The van der Waals surface area contributed by atoms with Gasteiger partial charge in [-0.2, -0.15) is 8.42 Å². The van der Waals surface area contributed by atoms with Crippen LogP contribution in [0, 0.1) is 5.92 Å². The average Bonchev–Trinajstić information content (AvgIpc) is 2.27. The molecule has 0 N–H and O–H groups in total. The third kappa shape index (κ3) is 3.64. The van der Waals surface area contributed by atoms with Gasteiger partial charge in [0.2, 0.25) is 0 Å². The second-order valence-corrected chi connectivity index (χ2v) is 5.18. The second-order valence-electron chi connectivity index (χ2n) is 3.57. The average molecular weight is 228 g/mol. The first-order chi connectivity index (χ1) is 7.06. The Morgan fingerprint density at radius 1 is 1.27 bits per heavy atom. The molecule has 0 aliphatic carbocycles. The fraction of sp³-hybridized carbons (Fsp3) is 0.455. The van der Waals surface area contributed by atoms with E-state index in [2.05, 4.69) is 0 Å². The van der Waals surface area contributed by atoms with Crippen molar-refractivity contribution in [2.75, 3.05) is 6.61 Å². The van der Waals surface area contributed by atoms with Gasteiger partial charge in [0, 0.05) is 0 Å². The van der Waals surface area contributed by atoms with E-state index in [1.807, 2.05) is 13.8 Å². The first kappa shape index (κ1) is 12.2. The van der Waals surface area contributed by atoms with Gasteiger partial charge in [-0.25, -0.2) is 0 Å². The molecule has 0 radical (unpaired) electrons. The van der Waals surface area contributed by atoms with E-state index in [0.29, 0.717) is 0 Å². The van der Waals surface area contributed by atoms with Gasteiger partial charge in [0.05, 0.1) is 11.5 Å². The van der Waals surface area contributed by atoms with Gasteiger partial charge in [-0.05, 0) is 18.1 Å². The summed E-state index contributed by atoms with van der Waals surface area (Å²) >= 11 is 0. The summed E-state index contributed by atoms with van der Waals surface area (Å²) < 4.78 is 28.2. The maximum Gasteiger partial charge on any atom is 0.296 e. The highest BCUT2D eigenvalue weighted by atomic mass is 32.2. The molecule has 0 fully saturated rings. The predicted octanol–water partition coefficient (Wildman–Crippen LogP) is 2.44. The van der Waals surface area contributed by atoms with Gasteiger partial charge in [-0.1, -0.05) is 38.5 Å². The van der Waals surface area contributed by atoms with Crippen molar-refractivity contribution < 1.29 is 12.6 Å². The summed E-state index contributed by atoms with van der Waals surface area (Å²) in [7, 11) is -3.57. The summed E-state index contributed by atoms with van der Waals surface area (Å²) in [6, 6.07) is 8.20. The molecule has 0 aliphatic rings. The summed E-state index contributed by atoms with van der Waals surface area (Å²) in [5.41, 5.74) is 0. The van der Waals surface area contributed by atoms with E-state index in [4.69, 9.17) is 4.18 Å². The number of hydrogen-bond acceptors (Lipinski definition) is 3. The highest BCUT2D eigenvalue weighted by molar-refractivity contribution is 7.86. The predicted molar refractivity (Wildman–Crippen MR) is 59.0 cm³/mol. The van der Waals surface area contributed by atoms with Crippen LogP contribution < -0.4 is 0 Å². The zero-order valence-corrected chi connectivity index (χ0v) is 9.83. The normalized spacial score (nSPS) is 13.7. The molecule has 1 rings (SSSR count). The molecule has 1 unspecified atom stereocenters.